The Kier molecular flexibility index (Phi) is 5.54. The molecule has 1 aliphatic carbocycles. The molecule has 2 aliphatic rings. The maximum atomic E-state index is 12.5. The number of esters is 1. The maximum absolute atomic E-state index is 12.5. The van der Waals surface area contributed by atoms with Crippen molar-refractivity contribution >= 4 is 29.4 Å². The minimum absolute atomic E-state index is 0.278. The predicted octanol–water partition coefficient (Wildman–Crippen LogP) is 1.38. The number of imide groups is 1. The first kappa shape index (κ1) is 19.3. The Hall–Kier alpha value is -3.47. The molecular weight excluding hydrogens is 362 g/mol. The lowest BCUT2D eigenvalue weighted by Gasteiger charge is -2.21. The molecule has 28 heavy (non-hydrogen) atoms. The molecule has 1 aliphatic heterocycles. The van der Waals surface area contributed by atoms with E-state index >= 15 is 0 Å². The van der Waals surface area contributed by atoms with Gasteiger partial charge in [-0.05, 0) is 31.9 Å². The largest absolute Gasteiger partial charge is 0.454 e. The fourth-order valence-corrected chi connectivity index (χ4v) is 3.45. The highest BCUT2D eigenvalue weighted by Gasteiger charge is 2.50. The van der Waals surface area contributed by atoms with E-state index < -0.39 is 36.4 Å². The fraction of sp³-hybridized carbons (Fsp3) is 0.350. The first-order valence-electron chi connectivity index (χ1n) is 8.91. The van der Waals surface area contributed by atoms with Crippen LogP contribution < -0.4 is 5.32 Å². The average molecular weight is 381 g/mol. The molecule has 1 fully saturated rings. The highest BCUT2D eigenvalue weighted by atomic mass is 16.5. The molecule has 1 aromatic carbocycles. The summed E-state index contributed by atoms with van der Waals surface area (Å²) in [6, 6.07) is 7.25. The molecular formula is C20H19N3O5. The van der Waals surface area contributed by atoms with Gasteiger partial charge in [-0.25, -0.2) is 4.79 Å². The van der Waals surface area contributed by atoms with Crippen LogP contribution in [0.1, 0.15) is 25.3 Å². The van der Waals surface area contributed by atoms with Crippen molar-refractivity contribution in [2.24, 2.45) is 11.8 Å². The standard InChI is InChI=1S/C20H19N3O5/c1-12(23-18(25)14-7-3-4-8-15(14)19(23)26)20(27)28-11-17(24)22-16-9-5-2-6-13(16)10-21/h2-6,9,12,14-15H,7-8,11H2,1H3,(H,22,24)/t12-,14+,15+/m0/s1. The van der Waals surface area contributed by atoms with Gasteiger partial charge in [0.15, 0.2) is 6.61 Å². The summed E-state index contributed by atoms with van der Waals surface area (Å²) in [6.07, 6.45) is 4.69. The lowest BCUT2D eigenvalue weighted by atomic mass is 9.85. The van der Waals surface area contributed by atoms with E-state index in [0.717, 1.165) is 4.90 Å². The second-order valence-corrected chi connectivity index (χ2v) is 6.69. The minimum Gasteiger partial charge on any atom is -0.454 e. The number of nitrogens with one attached hydrogen (secondary N) is 1. The number of nitrogens with zero attached hydrogens (tertiary/aromatic N) is 2. The van der Waals surface area contributed by atoms with Crippen LogP contribution in [0.15, 0.2) is 36.4 Å². The number of amides is 3. The lowest BCUT2D eigenvalue weighted by molar-refractivity contribution is -0.159. The van der Waals surface area contributed by atoms with Crippen LogP contribution in [0.4, 0.5) is 5.69 Å². The number of allylic oxidation sites excluding steroid dienone is 2. The maximum Gasteiger partial charge on any atom is 0.329 e. The highest BCUT2D eigenvalue weighted by molar-refractivity contribution is 6.08. The van der Waals surface area contributed by atoms with Crippen molar-refractivity contribution in [2.75, 3.05) is 11.9 Å². The van der Waals surface area contributed by atoms with Crippen LogP contribution in [0, 0.1) is 23.2 Å². The molecule has 0 spiro atoms. The van der Waals surface area contributed by atoms with Crippen LogP contribution >= 0.6 is 0 Å². The number of para-hydroxylation sites is 1. The molecule has 0 aromatic heterocycles. The van der Waals surface area contributed by atoms with Gasteiger partial charge in [-0.1, -0.05) is 24.3 Å². The van der Waals surface area contributed by atoms with E-state index in [2.05, 4.69) is 5.32 Å². The second-order valence-electron chi connectivity index (χ2n) is 6.69. The summed E-state index contributed by atoms with van der Waals surface area (Å²) in [7, 11) is 0. The number of hydrogen-bond donors (Lipinski definition) is 1. The normalized spacial score (nSPS) is 21.6. The zero-order valence-electron chi connectivity index (χ0n) is 15.3. The highest BCUT2D eigenvalue weighted by Crippen LogP contribution is 2.36. The number of carbonyl (C=O) groups is 4. The Morgan fingerprint density at radius 3 is 2.43 bits per heavy atom. The number of hydrogen-bond acceptors (Lipinski definition) is 6. The van der Waals surface area contributed by atoms with Gasteiger partial charge in [-0.15, -0.1) is 0 Å². The van der Waals surface area contributed by atoms with Crippen LogP contribution in [-0.2, 0) is 23.9 Å². The van der Waals surface area contributed by atoms with Crippen LogP contribution in [0.25, 0.3) is 0 Å². The van der Waals surface area contributed by atoms with Crippen LogP contribution in [-0.4, -0.2) is 41.2 Å². The van der Waals surface area contributed by atoms with Crippen molar-refractivity contribution in [2.45, 2.75) is 25.8 Å². The van der Waals surface area contributed by atoms with Crippen molar-refractivity contribution in [3.05, 3.63) is 42.0 Å². The van der Waals surface area contributed by atoms with E-state index in [0.29, 0.717) is 18.5 Å². The molecule has 3 rings (SSSR count). The molecule has 1 aromatic rings. The van der Waals surface area contributed by atoms with Gasteiger partial charge in [0, 0.05) is 0 Å². The molecule has 8 nitrogen and oxygen atoms in total. The van der Waals surface area contributed by atoms with E-state index in [1.165, 1.54) is 6.92 Å². The number of likely N-dealkylation sites (tertiary alicyclic amines) is 1. The van der Waals surface area contributed by atoms with E-state index in [1.54, 1.807) is 24.3 Å². The SMILES string of the molecule is C[C@@H](C(=O)OCC(=O)Nc1ccccc1C#N)N1C(=O)[C@@H]2CC=CC[C@H]2C1=O. The second kappa shape index (κ2) is 8.05. The monoisotopic (exact) mass is 381 g/mol. The summed E-state index contributed by atoms with van der Waals surface area (Å²) in [4.78, 5) is 50.3. The summed E-state index contributed by atoms with van der Waals surface area (Å²) in [6.45, 7) is 0.819. The number of nitriles is 1. The predicted molar refractivity (Wildman–Crippen MR) is 97.4 cm³/mol. The van der Waals surface area contributed by atoms with Crippen molar-refractivity contribution < 1.29 is 23.9 Å². The molecule has 3 amide bonds. The number of benzene rings is 1. The molecule has 0 unspecified atom stereocenters. The van der Waals surface area contributed by atoms with Crippen LogP contribution in [0.2, 0.25) is 0 Å². The van der Waals surface area contributed by atoms with Crippen molar-refractivity contribution in [3.63, 3.8) is 0 Å². The van der Waals surface area contributed by atoms with Crippen molar-refractivity contribution in [1.29, 1.82) is 5.26 Å². The molecule has 1 N–H and O–H groups in total. The summed E-state index contributed by atoms with van der Waals surface area (Å²) in [5.41, 5.74) is 0.584. The summed E-state index contributed by atoms with van der Waals surface area (Å²) < 4.78 is 4.98. The fourth-order valence-electron chi connectivity index (χ4n) is 3.45. The summed E-state index contributed by atoms with van der Waals surface area (Å²) in [5.74, 6) is -3.08. The van der Waals surface area contributed by atoms with E-state index in [4.69, 9.17) is 10.00 Å². The molecule has 144 valence electrons. The van der Waals surface area contributed by atoms with E-state index in [-0.39, 0.29) is 17.4 Å². The van der Waals surface area contributed by atoms with Gasteiger partial charge in [0.1, 0.15) is 12.1 Å². The smallest absolute Gasteiger partial charge is 0.329 e. The molecule has 0 bridgehead atoms. The van der Waals surface area contributed by atoms with E-state index in [1.807, 2.05) is 18.2 Å². The molecule has 0 radical (unpaired) electrons. The van der Waals surface area contributed by atoms with Gasteiger partial charge in [0.25, 0.3) is 5.91 Å². The first-order chi connectivity index (χ1) is 13.4. The Bertz CT molecular complexity index is 875. The van der Waals surface area contributed by atoms with Gasteiger partial charge in [-0.3, -0.25) is 19.3 Å². The number of anilines is 1. The molecule has 0 saturated carbocycles. The first-order valence-corrected chi connectivity index (χ1v) is 8.91. The third-order valence-electron chi connectivity index (χ3n) is 4.94. The average Bonchev–Trinajstić information content (AvgIpc) is 2.96. The lowest BCUT2D eigenvalue weighted by Crippen LogP contribution is -2.45. The Labute approximate surface area is 161 Å². The summed E-state index contributed by atoms with van der Waals surface area (Å²) >= 11 is 0. The molecule has 8 heteroatoms. The Balaban J connectivity index is 1.57. The zero-order chi connectivity index (χ0) is 20.3. The van der Waals surface area contributed by atoms with Gasteiger partial charge in [0.2, 0.25) is 11.8 Å². The van der Waals surface area contributed by atoms with Gasteiger partial charge in [-0.2, -0.15) is 5.26 Å². The van der Waals surface area contributed by atoms with Crippen molar-refractivity contribution in [3.8, 4) is 6.07 Å². The third-order valence-corrected chi connectivity index (χ3v) is 4.94. The number of fused-ring (bicyclic) bond motifs is 1. The number of carbonyl (C=O) groups excluding carboxylic acids is 4. The van der Waals surface area contributed by atoms with Crippen molar-refractivity contribution in [1.82, 2.24) is 4.90 Å². The Morgan fingerprint density at radius 1 is 1.21 bits per heavy atom. The van der Waals surface area contributed by atoms with Gasteiger partial charge < -0.3 is 10.1 Å². The number of ether oxygens (including phenoxy) is 1. The summed E-state index contributed by atoms with van der Waals surface area (Å²) in [5, 5.41) is 11.5. The van der Waals surface area contributed by atoms with Crippen LogP contribution in [0.3, 0.4) is 0 Å². The minimum atomic E-state index is -1.11. The van der Waals surface area contributed by atoms with Gasteiger partial charge >= 0.3 is 5.97 Å². The topological polar surface area (TPSA) is 117 Å². The zero-order valence-corrected chi connectivity index (χ0v) is 15.3. The Morgan fingerprint density at radius 2 is 1.82 bits per heavy atom. The molecule has 1 saturated heterocycles. The van der Waals surface area contributed by atoms with Gasteiger partial charge in [0.05, 0.1) is 23.1 Å². The third kappa shape index (κ3) is 3.64. The molecule has 3 atom stereocenters. The molecule has 1 heterocycles. The number of rotatable bonds is 5. The quantitative estimate of drug-likeness (QED) is 0.468. The van der Waals surface area contributed by atoms with E-state index in [9.17, 15) is 19.2 Å². The van der Waals surface area contributed by atoms with Crippen LogP contribution in [0.5, 0.6) is 0 Å².